The third kappa shape index (κ3) is 2.75. The molecule has 0 spiro atoms. The van der Waals surface area contributed by atoms with Crippen LogP contribution < -0.4 is 4.90 Å². The molecular formula is C18H18BrNO2. The van der Waals surface area contributed by atoms with Gasteiger partial charge in [0, 0.05) is 35.1 Å². The molecule has 0 aromatic heterocycles. The fourth-order valence-corrected chi connectivity index (χ4v) is 3.50. The molecule has 0 saturated heterocycles. The molecular weight excluding hydrogens is 342 g/mol. The minimum atomic E-state index is 0.134. The highest BCUT2D eigenvalue weighted by molar-refractivity contribution is 9.10. The second-order valence-corrected chi connectivity index (χ2v) is 6.66. The van der Waals surface area contributed by atoms with Gasteiger partial charge in [-0.3, -0.25) is 0 Å². The van der Waals surface area contributed by atoms with E-state index in [1.54, 1.807) is 12.1 Å². The van der Waals surface area contributed by atoms with Gasteiger partial charge in [0.15, 0.2) is 0 Å². The number of carbonyl (C=O) groups is 1. The van der Waals surface area contributed by atoms with E-state index in [1.807, 2.05) is 18.2 Å². The van der Waals surface area contributed by atoms with Crippen molar-refractivity contribution in [1.29, 1.82) is 0 Å². The largest absolute Gasteiger partial charge is 0.508 e. The van der Waals surface area contributed by atoms with Crippen LogP contribution >= 0.6 is 15.9 Å². The normalized spacial score (nSPS) is 20.0. The number of hydrogen-bond acceptors (Lipinski definition) is 3. The first-order valence-electron chi connectivity index (χ1n) is 7.38. The van der Waals surface area contributed by atoms with E-state index in [0.29, 0.717) is 6.42 Å². The van der Waals surface area contributed by atoms with Crippen LogP contribution in [0.2, 0.25) is 0 Å². The molecule has 1 aliphatic rings. The maximum absolute atomic E-state index is 11.0. The van der Waals surface area contributed by atoms with Crippen molar-refractivity contribution in [3.05, 3.63) is 58.1 Å². The molecule has 1 aliphatic heterocycles. The van der Waals surface area contributed by atoms with Crippen LogP contribution in [-0.2, 0) is 11.3 Å². The van der Waals surface area contributed by atoms with Gasteiger partial charge in [-0.15, -0.1) is 0 Å². The van der Waals surface area contributed by atoms with Crippen molar-refractivity contribution in [2.24, 2.45) is 0 Å². The van der Waals surface area contributed by atoms with Crippen LogP contribution in [0, 0.1) is 0 Å². The van der Waals surface area contributed by atoms with Crippen LogP contribution in [0.15, 0.2) is 46.9 Å². The number of carbonyl (C=O) groups excluding carboxylic acids is 1. The van der Waals surface area contributed by atoms with E-state index in [0.717, 1.165) is 28.6 Å². The van der Waals surface area contributed by atoms with Gasteiger partial charge >= 0.3 is 0 Å². The van der Waals surface area contributed by atoms with E-state index < -0.39 is 0 Å². The average Bonchev–Trinajstić information content (AvgIpc) is 2.75. The Hall–Kier alpha value is -1.81. The van der Waals surface area contributed by atoms with E-state index in [9.17, 15) is 9.90 Å². The maximum Gasteiger partial charge on any atom is 0.120 e. The third-order valence-electron chi connectivity index (χ3n) is 4.41. The molecule has 3 rings (SSSR count). The lowest BCUT2D eigenvalue weighted by Gasteiger charge is -2.27. The van der Waals surface area contributed by atoms with Gasteiger partial charge in [0.25, 0.3) is 0 Å². The van der Waals surface area contributed by atoms with Gasteiger partial charge in [-0.2, -0.15) is 0 Å². The number of phenolic OH excluding ortho intramolecular Hbond substituents is 1. The van der Waals surface area contributed by atoms with E-state index in [1.165, 1.54) is 5.56 Å². The summed E-state index contributed by atoms with van der Waals surface area (Å²) in [5, 5.41) is 9.76. The lowest BCUT2D eigenvalue weighted by molar-refractivity contribution is -0.108. The number of phenols is 1. The summed E-state index contributed by atoms with van der Waals surface area (Å²) in [6.45, 7) is 2.94. The summed E-state index contributed by atoms with van der Waals surface area (Å²) in [6, 6.07) is 14.0. The van der Waals surface area contributed by atoms with Gasteiger partial charge in [0.1, 0.15) is 12.0 Å². The molecule has 4 heteroatoms. The molecule has 0 radical (unpaired) electrons. The molecule has 0 aliphatic carbocycles. The first-order chi connectivity index (χ1) is 10.6. The van der Waals surface area contributed by atoms with Gasteiger partial charge < -0.3 is 14.8 Å². The van der Waals surface area contributed by atoms with Crippen molar-refractivity contribution in [2.75, 3.05) is 4.90 Å². The molecule has 0 fully saturated rings. The predicted molar refractivity (Wildman–Crippen MR) is 91.3 cm³/mol. The quantitative estimate of drug-likeness (QED) is 0.830. The van der Waals surface area contributed by atoms with Crippen LogP contribution in [0.25, 0.3) is 0 Å². The van der Waals surface area contributed by atoms with Gasteiger partial charge in [-0.25, -0.2) is 0 Å². The topological polar surface area (TPSA) is 40.5 Å². The summed E-state index contributed by atoms with van der Waals surface area (Å²) in [4.78, 5) is 13.3. The fraction of sp³-hybridized carbons (Fsp3) is 0.278. The van der Waals surface area contributed by atoms with Crippen LogP contribution in [0.4, 0.5) is 5.69 Å². The zero-order valence-electron chi connectivity index (χ0n) is 12.4. The van der Waals surface area contributed by atoms with Gasteiger partial charge in [0.05, 0.1) is 0 Å². The van der Waals surface area contributed by atoms with Crippen LogP contribution in [0.5, 0.6) is 5.75 Å². The van der Waals surface area contributed by atoms with Gasteiger partial charge in [-0.05, 0) is 48.4 Å². The first-order valence-corrected chi connectivity index (χ1v) is 8.17. The Morgan fingerprint density at radius 2 is 1.95 bits per heavy atom. The number of anilines is 1. The van der Waals surface area contributed by atoms with Crippen molar-refractivity contribution >= 4 is 27.9 Å². The van der Waals surface area contributed by atoms with E-state index in [-0.39, 0.29) is 17.7 Å². The van der Waals surface area contributed by atoms with Crippen molar-refractivity contribution in [3.63, 3.8) is 0 Å². The number of benzene rings is 2. The van der Waals surface area contributed by atoms with Crippen LogP contribution in [-0.4, -0.2) is 17.4 Å². The lowest BCUT2D eigenvalue weighted by atomic mass is 9.93. The second-order valence-electron chi connectivity index (χ2n) is 5.75. The number of aldehydes is 1. The Balaban J connectivity index is 1.94. The summed E-state index contributed by atoms with van der Waals surface area (Å²) >= 11 is 3.45. The Morgan fingerprint density at radius 3 is 2.64 bits per heavy atom. The summed E-state index contributed by atoms with van der Waals surface area (Å²) in [7, 11) is 0. The molecule has 2 aromatic carbocycles. The molecule has 2 atom stereocenters. The third-order valence-corrected chi connectivity index (χ3v) is 4.94. The minimum absolute atomic E-state index is 0.134. The summed E-state index contributed by atoms with van der Waals surface area (Å²) < 4.78 is 1.06. The molecule has 0 bridgehead atoms. The monoisotopic (exact) mass is 359 g/mol. The molecule has 114 valence electrons. The first kappa shape index (κ1) is 15.1. The number of nitrogens with zero attached hydrogens (tertiary/aromatic N) is 1. The standard InChI is InChI=1S/C18H18BrNO2/c1-12-16(8-9-21)17-10-15(22)6-7-18(17)20(12)11-13-2-4-14(19)5-3-13/h2-7,9-10,12,16,22H,8,11H2,1H3. The molecule has 0 saturated carbocycles. The highest BCUT2D eigenvalue weighted by atomic mass is 79.9. The van der Waals surface area contributed by atoms with Crippen molar-refractivity contribution in [3.8, 4) is 5.75 Å². The van der Waals surface area contributed by atoms with Crippen LogP contribution in [0.3, 0.4) is 0 Å². The molecule has 2 unspecified atom stereocenters. The smallest absolute Gasteiger partial charge is 0.120 e. The number of rotatable bonds is 4. The number of fused-ring (bicyclic) bond motifs is 1. The minimum Gasteiger partial charge on any atom is -0.508 e. The SMILES string of the molecule is CC1C(CC=O)c2cc(O)ccc2N1Cc1ccc(Br)cc1. The number of aromatic hydroxyl groups is 1. The Labute approximate surface area is 138 Å². The Morgan fingerprint density at radius 1 is 1.23 bits per heavy atom. The Bertz CT molecular complexity index is 684. The molecule has 2 aromatic rings. The van der Waals surface area contributed by atoms with Gasteiger partial charge in [-0.1, -0.05) is 28.1 Å². The number of halogens is 1. The predicted octanol–water partition coefficient (Wildman–Crippen LogP) is 4.24. The van der Waals surface area contributed by atoms with Crippen LogP contribution in [0.1, 0.15) is 30.4 Å². The fourth-order valence-electron chi connectivity index (χ4n) is 3.24. The van der Waals surface area contributed by atoms with E-state index in [2.05, 4.69) is 39.9 Å². The molecule has 3 nitrogen and oxygen atoms in total. The highest BCUT2D eigenvalue weighted by Gasteiger charge is 2.35. The zero-order chi connectivity index (χ0) is 15.7. The average molecular weight is 360 g/mol. The molecule has 1 N–H and O–H groups in total. The van der Waals surface area contributed by atoms with E-state index in [4.69, 9.17) is 0 Å². The van der Waals surface area contributed by atoms with E-state index >= 15 is 0 Å². The zero-order valence-corrected chi connectivity index (χ0v) is 14.0. The highest BCUT2D eigenvalue weighted by Crippen LogP contribution is 2.44. The summed E-state index contributed by atoms with van der Waals surface area (Å²) in [6.07, 6.45) is 1.45. The molecule has 0 amide bonds. The summed E-state index contributed by atoms with van der Waals surface area (Å²) in [5.41, 5.74) is 3.40. The number of hydrogen-bond donors (Lipinski definition) is 1. The van der Waals surface area contributed by atoms with Crippen molar-refractivity contribution in [2.45, 2.75) is 31.8 Å². The Kier molecular flexibility index (Phi) is 4.21. The maximum atomic E-state index is 11.0. The van der Waals surface area contributed by atoms with Crippen molar-refractivity contribution in [1.82, 2.24) is 0 Å². The lowest BCUT2D eigenvalue weighted by Crippen LogP contribution is -2.31. The van der Waals surface area contributed by atoms with Crippen molar-refractivity contribution < 1.29 is 9.90 Å². The summed E-state index contributed by atoms with van der Waals surface area (Å²) in [5.74, 6) is 0.391. The second kappa shape index (κ2) is 6.13. The molecule has 1 heterocycles. The molecule has 22 heavy (non-hydrogen) atoms. The van der Waals surface area contributed by atoms with Gasteiger partial charge in [0.2, 0.25) is 0 Å².